The first-order valence-corrected chi connectivity index (χ1v) is 7.24. The number of amides is 1. The van der Waals surface area contributed by atoms with E-state index in [-0.39, 0.29) is 12.2 Å². The second-order valence-electron chi connectivity index (χ2n) is 5.78. The van der Waals surface area contributed by atoms with E-state index in [1.165, 1.54) is 6.20 Å². The normalized spacial score (nSPS) is 11.3. The Balaban J connectivity index is 2.97. The molecular weight excluding hydrogens is 294 g/mol. The van der Waals surface area contributed by atoms with E-state index in [0.717, 1.165) is 0 Å². The number of nitriles is 1. The standard InChI is InChI=1S/C17H21N3O3/c1-5-23-16(22)13-8-6-7-9-14(13)19-11-12(10-18)15(21)20-17(2,3)4/h6-9,11,19H,5H2,1-4H3,(H,20,21)/b12-11-. The minimum Gasteiger partial charge on any atom is -0.462 e. The molecule has 0 saturated heterocycles. The van der Waals surface area contributed by atoms with Crippen molar-refractivity contribution in [2.24, 2.45) is 0 Å². The minimum absolute atomic E-state index is 0.0846. The Bertz CT molecular complexity index is 652. The van der Waals surface area contributed by atoms with Gasteiger partial charge in [0, 0.05) is 11.7 Å². The first-order valence-electron chi connectivity index (χ1n) is 7.24. The van der Waals surface area contributed by atoms with Crippen molar-refractivity contribution in [2.45, 2.75) is 33.2 Å². The lowest BCUT2D eigenvalue weighted by molar-refractivity contribution is -0.118. The number of nitrogens with zero attached hydrogens (tertiary/aromatic N) is 1. The van der Waals surface area contributed by atoms with Crippen LogP contribution >= 0.6 is 0 Å². The molecule has 1 rings (SSSR count). The zero-order valence-electron chi connectivity index (χ0n) is 13.8. The SMILES string of the molecule is CCOC(=O)c1ccccc1N/C=C(/C#N)C(=O)NC(C)(C)C. The van der Waals surface area contributed by atoms with Crippen LogP contribution < -0.4 is 10.6 Å². The molecule has 1 amide bonds. The molecule has 6 nitrogen and oxygen atoms in total. The van der Waals surface area contributed by atoms with Gasteiger partial charge in [-0.2, -0.15) is 5.26 Å². The number of benzene rings is 1. The molecule has 0 radical (unpaired) electrons. The van der Waals surface area contributed by atoms with E-state index in [1.807, 2.05) is 26.8 Å². The van der Waals surface area contributed by atoms with Crippen molar-refractivity contribution in [3.05, 3.63) is 41.6 Å². The highest BCUT2D eigenvalue weighted by Gasteiger charge is 2.17. The molecule has 0 saturated carbocycles. The fourth-order valence-corrected chi connectivity index (χ4v) is 1.70. The van der Waals surface area contributed by atoms with Crippen LogP contribution in [0.5, 0.6) is 0 Å². The summed E-state index contributed by atoms with van der Waals surface area (Å²) in [6.07, 6.45) is 1.28. The molecule has 0 aliphatic heterocycles. The number of carbonyl (C=O) groups excluding carboxylic acids is 2. The van der Waals surface area contributed by atoms with Gasteiger partial charge in [0.05, 0.1) is 17.9 Å². The summed E-state index contributed by atoms with van der Waals surface area (Å²) in [5.74, 6) is -0.956. The highest BCUT2D eigenvalue weighted by atomic mass is 16.5. The van der Waals surface area contributed by atoms with E-state index >= 15 is 0 Å². The lowest BCUT2D eigenvalue weighted by atomic mass is 10.1. The van der Waals surface area contributed by atoms with Crippen molar-refractivity contribution in [1.29, 1.82) is 5.26 Å². The lowest BCUT2D eigenvalue weighted by Gasteiger charge is -2.20. The maximum Gasteiger partial charge on any atom is 0.340 e. The summed E-state index contributed by atoms with van der Waals surface area (Å²) < 4.78 is 4.97. The number of carbonyl (C=O) groups is 2. The van der Waals surface area contributed by atoms with Crippen LogP contribution in [0.1, 0.15) is 38.1 Å². The van der Waals surface area contributed by atoms with Gasteiger partial charge in [-0.3, -0.25) is 4.79 Å². The summed E-state index contributed by atoms with van der Waals surface area (Å²) in [5, 5.41) is 14.7. The smallest absolute Gasteiger partial charge is 0.340 e. The maximum absolute atomic E-state index is 12.0. The fraction of sp³-hybridized carbons (Fsp3) is 0.353. The average Bonchev–Trinajstić information content (AvgIpc) is 2.46. The first-order chi connectivity index (χ1) is 10.8. The Morgan fingerprint density at radius 3 is 2.52 bits per heavy atom. The van der Waals surface area contributed by atoms with Crippen LogP contribution in [0.25, 0.3) is 0 Å². The van der Waals surface area contributed by atoms with Crippen LogP contribution in [0.4, 0.5) is 5.69 Å². The van der Waals surface area contributed by atoms with E-state index in [2.05, 4.69) is 10.6 Å². The van der Waals surface area contributed by atoms with Crippen molar-refractivity contribution in [1.82, 2.24) is 5.32 Å². The summed E-state index contributed by atoms with van der Waals surface area (Å²) in [6.45, 7) is 7.45. The van der Waals surface area contributed by atoms with Gasteiger partial charge in [0.1, 0.15) is 11.6 Å². The molecule has 6 heteroatoms. The predicted octanol–water partition coefficient (Wildman–Crippen LogP) is 2.60. The zero-order chi connectivity index (χ0) is 17.5. The molecule has 1 aromatic rings. The van der Waals surface area contributed by atoms with Gasteiger partial charge in [-0.1, -0.05) is 12.1 Å². The number of hydrogen-bond acceptors (Lipinski definition) is 5. The summed E-state index contributed by atoms with van der Waals surface area (Å²) in [4.78, 5) is 23.9. The molecular formula is C17H21N3O3. The fourth-order valence-electron chi connectivity index (χ4n) is 1.70. The van der Waals surface area contributed by atoms with E-state index in [1.54, 1.807) is 31.2 Å². The molecule has 0 fully saturated rings. The third-order valence-corrected chi connectivity index (χ3v) is 2.65. The predicted molar refractivity (Wildman–Crippen MR) is 87.6 cm³/mol. The molecule has 0 spiro atoms. The van der Waals surface area contributed by atoms with Crippen molar-refractivity contribution in [3.8, 4) is 6.07 Å². The maximum atomic E-state index is 12.0. The highest BCUT2D eigenvalue weighted by molar-refractivity contribution is 5.99. The van der Waals surface area contributed by atoms with Gasteiger partial charge in [-0.15, -0.1) is 0 Å². The summed E-state index contributed by atoms with van der Waals surface area (Å²) in [6, 6.07) is 8.55. The van der Waals surface area contributed by atoms with Gasteiger partial charge in [-0.05, 0) is 39.8 Å². The average molecular weight is 315 g/mol. The molecule has 23 heavy (non-hydrogen) atoms. The summed E-state index contributed by atoms with van der Waals surface area (Å²) in [7, 11) is 0. The number of hydrogen-bond donors (Lipinski definition) is 2. The third-order valence-electron chi connectivity index (χ3n) is 2.65. The minimum atomic E-state index is -0.485. The van der Waals surface area contributed by atoms with Gasteiger partial charge in [0.25, 0.3) is 5.91 Å². The Hall–Kier alpha value is -2.81. The molecule has 2 N–H and O–H groups in total. The number of rotatable bonds is 5. The van der Waals surface area contributed by atoms with Crippen molar-refractivity contribution >= 4 is 17.6 Å². The van der Waals surface area contributed by atoms with Gasteiger partial charge in [0.2, 0.25) is 0 Å². The number of esters is 1. The first kappa shape index (κ1) is 18.2. The Morgan fingerprint density at radius 1 is 1.30 bits per heavy atom. The van der Waals surface area contributed by atoms with E-state index in [0.29, 0.717) is 11.3 Å². The van der Waals surface area contributed by atoms with Gasteiger partial charge < -0.3 is 15.4 Å². The van der Waals surface area contributed by atoms with Gasteiger partial charge >= 0.3 is 5.97 Å². The van der Waals surface area contributed by atoms with Crippen LogP contribution in [0.15, 0.2) is 36.0 Å². The van der Waals surface area contributed by atoms with Crippen molar-refractivity contribution in [3.63, 3.8) is 0 Å². The topological polar surface area (TPSA) is 91.2 Å². The van der Waals surface area contributed by atoms with Crippen LogP contribution in [0.3, 0.4) is 0 Å². The summed E-state index contributed by atoms with van der Waals surface area (Å²) >= 11 is 0. The Labute approximate surface area is 136 Å². The van der Waals surface area contributed by atoms with Crippen LogP contribution in [-0.2, 0) is 9.53 Å². The van der Waals surface area contributed by atoms with Gasteiger partial charge in [-0.25, -0.2) is 4.79 Å². The second-order valence-corrected chi connectivity index (χ2v) is 5.78. The number of ether oxygens (including phenoxy) is 1. The van der Waals surface area contributed by atoms with E-state index in [9.17, 15) is 9.59 Å². The Kier molecular flexibility index (Phi) is 6.34. The quantitative estimate of drug-likeness (QED) is 0.495. The highest BCUT2D eigenvalue weighted by Crippen LogP contribution is 2.16. The van der Waals surface area contributed by atoms with Crippen molar-refractivity contribution < 1.29 is 14.3 Å². The molecule has 0 bridgehead atoms. The second kappa shape index (κ2) is 7.99. The molecule has 0 aliphatic carbocycles. The molecule has 0 aromatic heterocycles. The van der Waals surface area contributed by atoms with Crippen molar-refractivity contribution in [2.75, 3.05) is 11.9 Å². The van der Waals surface area contributed by atoms with Crippen LogP contribution in [0, 0.1) is 11.3 Å². The lowest BCUT2D eigenvalue weighted by Crippen LogP contribution is -2.41. The monoisotopic (exact) mass is 315 g/mol. The van der Waals surface area contributed by atoms with E-state index in [4.69, 9.17) is 10.00 Å². The van der Waals surface area contributed by atoms with Crippen LogP contribution in [0.2, 0.25) is 0 Å². The van der Waals surface area contributed by atoms with E-state index < -0.39 is 17.4 Å². The summed E-state index contributed by atoms with van der Waals surface area (Å²) in [5.41, 5.74) is 0.260. The molecule has 0 aliphatic rings. The molecule has 0 heterocycles. The number of anilines is 1. The Morgan fingerprint density at radius 2 is 1.96 bits per heavy atom. The molecule has 1 aromatic carbocycles. The number of nitrogens with one attached hydrogen (secondary N) is 2. The zero-order valence-corrected chi connectivity index (χ0v) is 13.8. The molecule has 0 unspecified atom stereocenters. The number of para-hydroxylation sites is 1. The molecule has 0 atom stereocenters. The molecule has 122 valence electrons. The third kappa shape index (κ3) is 5.83. The largest absolute Gasteiger partial charge is 0.462 e. The van der Waals surface area contributed by atoms with Crippen LogP contribution in [-0.4, -0.2) is 24.0 Å². The van der Waals surface area contributed by atoms with Gasteiger partial charge in [0.15, 0.2) is 0 Å².